The van der Waals surface area contributed by atoms with Gasteiger partial charge in [-0.25, -0.2) is 27.8 Å². The molecule has 0 spiro atoms. The molecule has 40 heavy (non-hydrogen) atoms. The Kier molecular flexibility index (Phi) is 8.14. The zero-order valence-corrected chi connectivity index (χ0v) is 24.3. The van der Waals surface area contributed by atoms with E-state index in [1.165, 1.54) is 12.1 Å². The van der Waals surface area contributed by atoms with Crippen LogP contribution in [0.5, 0.6) is 0 Å². The second-order valence-corrected chi connectivity index (χ2v) is 13.3. The smallest absolute Gasteiger partial charge is 0.223 e. The molecule has 1 fully saturated rings. The number of nitrogens with zero attached hydrogens (tertiary/aromatic N) is 4. The second-order valence-electron chi connectivity index (χ2n) is 11.2. The molecule has 1 aliphatic carbocycles. The predicted molar refractivity (Wildman–Crippen MR) is 158 cm³/mol. The number of benzene rings is 2. The first-order valence-corrected chi connectivity index (χ1v) is 15.5. The number of fused-ring (bicyclic) bond motifs is 1. The van der Waals surface area contributed by atoms with Crippen molar-refractivity contribution in [1.29, 1.82) is 0 Å². The molecule has 0 aliphatic heterocycles. The third-order valence-electron chi connectivity index (χ3n) is 7.73. The summed E-state index contributed by atoms with van der Waals surface area (Å²) in [7, 11) is 0.732. The molecule has 2 heterocycles. The lowest BCUT2D eigenvalue weighted by atomic mass is 9.91. The van der Waals surface area contributed by atoms with E-state index in [1.807, 2.05) is 32.0 Å². The summed E-state index contributed by atoms with van der Waals surface area (Å²) < 4.78 is 40.6. The molecular weight excluding hydrogens is 525 g/mol. The first-order chi connectivity index (χ1) is 19.1. The summed E-state index contributed by atoms with van der Waals surface area (Å²) in [6.45, 7) is 3.90. The van der Waals surface area contributed by atoms with E-state index in [-0.39, 0.29) is 17.1 Å². The van der Waals surface area contributed by atoms with E-state index < -0.39 is 15.7 Å². The van der Waals surface area contributed by atoms with Crippen LogP contribution in [0.1, 0.15) is 47.9 Å². The van der Waals surface area contributed by atoms with Crippen LogP contribution in [-0.2, 0) is 21.3 Å². The number of rotatable bonds is 8. The average Bonchev–Trinajstić information content (AvgIpc) is 2.91. The zero-order valence-electron chi connectivity index (χ0n) is 23.5. The van der Waals surface area contributed by atoms with Gasteiger partial charge in [-0.3, -0.25) is 0 Å². The van der Waals surface area contributed by atoms with Crippen LogP contribution in [0.3, 0.4) is 0 Å². The maximum Gasteiger partial charge on any atom is 0.223 e. The number of aromatic nitrogens is 3. The lowest BCUT2D eigenvalue weighted by Crippen LogP contribution is -2.36. The first-order valence-electron chi connectivity index (χ1n) is 13.7. The fourth-order valence-corrected chi connectivity index (χ4v) is 6.88. The topological polar surface area (TPSA) is 88.1 Å². The maximum absolute atomic E-state index is 15.1. The number of anilines is 1. The predicted octanol–water partition coefficient (Wildman–Crippen LogP) is 5.85. The van der Waals surface area contributed by atoms with Crippen LogP contribution in [0.4, 0.5) is 10.3 Å². The van der Waals surface area contributed by atoms with E-state index in [1.54, 1.807) is 24.4 Å². The van der Waals surface area contributed by atoms with Crippen LogP contribution in [0, 0.1) is 19.7 Å². The van der Waals surface area contributed by atoms with Crippen molar-refractivity contribution in [3.8, 4) is 11.3 Å². The molecule has 0 amide bonds. The SMILES string of the molecule is Cc1ccc(CS(=O)(=O)Cc2ccc(-c3cc(C)c4nc(NC5CCC(N(C)C)CC5)ncc4n3)cc2F)cc1. The normalized spacial score (nSPS) is 17.9. The quantitative estimate of drug-likeness (QED) is 0.289. The van der Waals surface area contributed by atoms with E-state index >= 15 is 4.39 Å². The van der Waals surface area contributed by atoms with Crippen LogP contribution >= 0.6 is 0 Å². The Morgan fingerprint density at radius 3 is 2.35 bits per heavy atom. The number of aryl methyl sites for hydroxylation is 2. The fraction of sp³-hybridized carbons (Fsp3) is 0.387. The molecule has 0 saturated heterocycles. The largest absolute Gasteiger partial charge is 0.351 e. The molecule has 1 aliphatic rings. The van der Waals surface area contributed by atoms with Crippen LogP contribution in [-0.4, -0.2) is 54.4 Å². The van der Waals surface area contributed by atoms with E-state index in [9.17, 15) is 8.42 Å². The molecule has 7 nitrogen and oxygen atoms in total. The molecule has 210 valence electrons. The minimum atomic E-state index is -3.54. The van der Waals surface area contributed by atoms with Crippen LogP contribution in [0.25, 0.3) is 22.3 Å². The van der Waals surface area contributed by atoms with Gasteiger partial charge in [0.05, 0.1) is 28.9 Å². The van der Waals surface area contributed by atoms with Gasteiger partial charge in [-0.05, 0) is 76.9 Å². The number of halogens is 1. The highest BCUT2D eigenvalue weighted by Gasteiger charge is 2.23. The van der Waals surface area contributed by atoms with Gasteiger partial charge < -0.3 is 10.2 Å². The second kappa shape index (κ2) is 11.6. The summed E-state index contributed by atoms with van der Waals surface area (Å²) in [5.41, 5.74) is 5.34. The monoisotopic (exact) mass is 561 g/mol. The molecule has 2 aromatic carbocycles. The van der Waals surface area contributed by atoms with Gasteiger partial charge in [0.1, 0.15) is 11.3 Å². The fourth-order valence-electron chi connectivity index (χ4n) is 5.37. The highest BCUT2D eigenvalue weighted by atomic mass is 32.2. The van der Waals surface area contributed by atoms with Gasteiger partial charge in [-0.2, -0.15) is 0 Å². The van der Waals surface area contributed by atoms with Gasteiger partial charge in [0.15, 0.2) is 9.84 Å². The third kappa shape index (κ3) is 6.64. The highest BCUT2D eigenvalue weighted by Crippen LogP contribution is 2.28. The van der Waals surface area contributed by atoms with Crippen LogP contribution in [0.15, 0.2) is 54.7 Å². The van der Waals surface area contributed by atoms with E-state index in [0.717, 1.165) is 42.3 Å². The van der Waals surface area contributed by atoms with Crippen molar-refractivity contribution in [1.82, 2.24) is 19.9 Å². The average molecular weight is 562 g/mol. The van der Waals surface area contributed by atoms with Gasteiger partial charge in [0, 0.05) is 23.2 Å². The molecule has 4 aromatic rings. The number of hydrogen-bond acceptors (Lipinski definition) is 7. The number of pyridine rings is 1. The first kappa shape index (κ1) is 28.1. The van der Waals surface area contributed by atoms with Crippen molar-refractivity contribution < 1.29 is 12.8 Å². The summed E-state index contributed by atoms with van der Waals surface area (Å²) in [6, 6.07) is 14.8. The molecule has 2 aromatic heterocycles. The van der Waals surface area contributed by atoms with E-state index in [2.05, 4.69) is 34.3 Å². The molecule has 1 N–H and O–H groups in total. The van der Waals surface area contributed by atoms with E-state index in [0.29, 0.717) is 40.4 Å². The van der Waals surface area contributed by atoms with Crippen LogP contribution in [0.2, 0.25) is 0 Å². The zero-order chi connectivity index (χ0) is 28.4. The van der Waals surface area contributed by atoms with Gasteiger partial charge >= 0.3 is 0 Å². The van der Waals surface area contributed by atoms with Crippen molar-refractivity contribution in [2.45, 2.75) is 63.1 Å². The Balaban J connectivity index is 1.30. The molecule has 0 unspecified atom stereocenters. The molecule has 1 saturated carbocycles. The van der Waals surface area contributed by atoms with E-state index in [4.69, 9.17) is 4.98 Å². The van der Waals surface area contributed by atoms with Gasteiger partial charge in [-0.15, -0.1) is 0 Å². The molecule has 5 rings (SSSR count). The molecule has 0 atom stereocenters. The standard InChI is InChI=1S/C31H36FN5O2S/c1-20-5-7-22(8-6-20)18-40(38,39)19-24-10-9-23(16-27(24)32)28-15-21(2)30-29(35-28)17-33-31(36-30)34-25-11-13-26(14-12-25)37(3)4/h5-10,15-17,25-26H,11-14,18-19H2,1-4H3,(H,33,34,36). The van der Waals surface area contributed by atoms with Crippen molar-refractivity contribution in [2.75, 3.05) is 19.4 Å². The summed E-state index contributed by atoms with van der Waals surface area (Å²) in [5.74, 6) is -0.462. The Morgan fingerprint density at radius 1 is 0.950 bits per heavy atom. The van der Waals surface area contributed by atoms with Crippen molar-refractivity contribution >= 4 is 26.8 Å². The summed E-state index contributed by atoms with van der Waals surface area (Å²) >= 11 is 0. The van der Waals surface area contributed by atoms with Gasteiger partial charge in [0.25, 0.3) is 0 Å². The lowest BCUT2D eigenvalue weighted by molar-refractivity contribution is 0.221. The van der Waals surface area contributed by atoms with Crippen molar-refractivity contribution in [3.05, 3.63) is 82.8 Å². The Morgan fingerprint density at radius 2 is 1.68 bits per heavy atom. The number of sulfone groups is 1. The molecular formula is C31H36FN5O2S. The summed E-state index contributed by atoms with van der Waals surface area (Å²) in [5, 5.41) is 3.49. The maximum atomic E-state index is 15.1. The molecule has 0 bridgehead atoms. The third-order valence-corrected chi connectivity index (χ3v) is 9.25. The minimum Gasteiger partial charge on any atom is -0.351 e. The Labute approximate surface area is 235 Å². The summed E-state index contributed by atoms with van der Waals surface area (Å²) in [6.07, 6.45) is 6.16. The number of hydrogen-bond donors (Lipinski definition) is 1. The molecule has 0 radical (unpaired) electrons. The molecule has 9 heteroatoms. The van der Waals surface area contributed by atoms with Gasteiger partial charge in [-0.1, -0.05) is 42.0 Å². The highest BCUT2D eigenvalue weighted by molar-refractivity contribution is 7.89. The minimum absolute atomic E-state index is 0.131. The lowest BCUT2D eigenvalue weighted by Gasteiger charge is -2.32. The summed E-state index contributed by atoms with van der Waals surface area (Å²) in [4.78, 5) is 16.2. The van der Waals surface area contributed by atoms with Gasteiger partial charge in [0.2, 0.25) is 5.95 Å². The Hall–Kier alpha value is -3.43. The number of nitrogens with one attached hydrogen (secondary N) is 1. The van der Waals surface area contributed by atoms with Crippen molar-refractivity contribution in [3.63, 3.8) is 0 Å². The Bertz CT molecular complexity index is 1620. The van der Waals surface area contributed by atoms with Crippen molar-refractivity contribution in [2.24, 2.45) is 0 Å². The van der Waals surface area contributed by atoms with Crippen LogP contribution < -0.4 is 5.32 Å².